The van der Waals surface area contributed by atoms with Crippen LogP contribution in [-0.2, 0) is 0 Å². The molecule has 2 nitrogen and oxygen atoms in total. The van der Waals surface area contributed by atoms with E-state index in [4.69, 9.17) is 0 Å². The highest BCUT2D eigenvalue weighted by Gasteiger charge is 2.12. The Kier molecular flexibility index (Phi) is 3.78. The number of aryl methyl sites for hydroxylation is 1. The van der Waals surface area contributed by atoms with E-state index in [0.717, 1.165) is 50.3 Å². The summed E-state index contributed by atoms with van der Waals surface area (Å²) in [6.07, 6.45) is 2.15. The van der Waals surface area contributed by atoms with Crippen LogP contribution in [0.5, 0.6) is 0 Å². The van der Waals surface area contributed by atoms with E-state index in [1.807, 2.05) is 19.1 Å². The average molecular weight is 222 g/mol. The molecule has 0 atom stereocenters. The Labute approximate surface area is 96.5 Å². The topological polar surface area (TPSA) is 15.3 Å². The van der Waals surface area contributed by atoms with Crippen molar-refractivity contribution in [3.05, 3.63) is 29.6 Å². The largest absolute Gasteiger partial charge is 0.369 e. The standard InChI is InChI=1S/C13H19FN2/c1-11-4-5-12(14)13(10-11)16-8-2-6-15-7-3-9-16/h4-5,10,15H,2-3,6-9H2,1H3. The molecule has 0 amide bonds. The molecule has 1 aliphatic heterocycles. The summed E-state index contributed by atoms with van der Waals surface area (Å²) in [6, 6.07) is 5.34. The molecule has 0 saturated carbocycles. The third kappa shape index (κ3) is 2.73. The van der Waals surface area contributed by atoms with Crippen molar-refractivity contribution in [3.8, 4) is 0 Å². The first kappa shape index (κ1) is 11.4. The van der Waals surface area contributed by atoms with Crippen LogP contribution in [-0.4, -0.2) is 26.2 Å². The predicted molar refractivity (Wildman–Crippen MR) is 65.5 cm³/mol. The number of rotatable bonds is 1. The Morgan fingerprint density at radius 2 is 1.88 bits per heavy atom. The van der Waals surface area contributed by atoms with Gasteiger partial charge in [-0.15, -0.1) is 0 Å². The van der Waals surface area contributed by atoms with E-state index < -0.39 is 0 Å². The average Bonchev–Trinajstić information content (AvgIpc) is 2.22. The first-order valence-electron chi connectivity index (χ1n) is 5.99. The third-order valence-corrected chi connectivity index (χ3v) is 3.01. The van der Waals surface area contributed by atoms with Crippen molar-refractivity contribution in [1.29, 1.82) is 0 Å². The Morgan fingerprint density at radius 1 is 1.19 bits per heavy atom. The number of anilines is 1. The van der Waals surface area contributed by atoms with Gasteiger partial charge >= 0.3 is 0 Å². The molecule has 0 bridgehead atoms. The van der Waals surface area contributed by atoms with Gasteiger partial charge in [-0.2, -0.15) is 0 Å². The Hall–Kier alpha value is -1.09. The van der Waals surface area contributed by atoms with Crippen molar-refractivity contribution in [2.24, 2.45) is 0 Å². The normalized spacial score (nSPS) is 18.0. The van der Waals surface area contributed by atoms with Crippen LogP contribution in [0.1, 0.15) is 18.4 Å². The third-order valence-electron chi connectivity index (χ3n) is 3.01. The van der Waals surface area contributed by atoms with E-state index in [0.29, 0.717) is 0 Å². The lowest BCUT2D eigenvalue weighted by Crippen LogP contribution is -2.34. The fourth-order valence-electron chi connectivity index (χ4n) is 2.13. The Morgan fingerprint density at radius 3 is 2.56 bits per heavy atom. The van der Waals surface area contributed by atoms with E-state index in [-0.39, 0.29) is 5.82 Å². The van der Waals surface area contributed by atoms with Crippen LogP contribution in [0.2, 0.25) is 0 Å². The van der Waals surface area contributed by atoms with E-state index >= 15 is 0 Å². The molecule has 2 rings (SSSR count). The molecule has 1 fully saturated rings. The molecule has 0 aliphatic carbocycles. The highest BCUT2D eigenvalue weighted by atomic mass is 19.1. The van der Waals surface area contributed by atoms with Crippen LogP contribution in [0.25, 0.3) is 0 Å². The van der Waals surface area contributed by atoms with Crippen molar-refractivity contribution in [2.45, 2.75) is 19.8 Å². The molecule has 3 heteroatoms. The van der Waals surface area contributed by atoms with Gasteiger partial charge in [-0.25, -0.2) is 4.39 Å². The minimum Gasteiger partial charge on any atom is -0.369 e. The summed E-state index contributed by atoms with van der Waals surface area (Å²) in [5, 5.41) is 3.36. The van der Waals surface area contributed by atoms with Crippen LogP contribution in [0.4, 0.5) is 10.1 Å². The van der Waals surface area contributed by atoms with Crippen molar-refractivity contribution in [2.75, 3.05) is 31.1 Å². The zero-order chi connectivity index (χ0) is 11.4. The van der Waals surface area contributed by atoms with Crippen molar-refractivity contribution < 1.29 is 4.39 Å². The van der Waals surface area contributed by atoms with Gasteiger partial charge in [0.2, 0.25) is 0 Å². The zero-order valence-electron chi connectivity index (χ0n) is 9.80. The van der Waals surface area contributed by atoms with Gasteiger partial charge in [0, 0.05) is 13.1 Å². The highest BCUT2D eigenvalue weighted by molar-refractivity contribution is 5.49. The summed E-state index contributed by atoms with van der Waals surface area (Å²) in [5.41, 5.74) is 1.89. The van der Waals surface area contributed by atoms with E-state index in [9.17, 15) is 4.39 Å². The molecule has 0 radical (unpaired) electrons. The van der Waals surface area contributed by atoms with Crippen LogP contribution < -0.4 is 10.2 Å². The number of nitrogens with zero attached hydrogens (tertiary/aromatic N) is 1. The molecule has 1 saturated heterocycles. The summed E-state index contributed by atoms with van der Waals surface area (Å²) in [7, 11) is 0. The van der Waals surface area contributed by atoms with Gasteiger partial charge in [-0.3, -0.25) is 0 Å². The lowest BCUT2D eigenvalue weighted by Gasteiger charge is -2.27. The number of hydrogen-bond acceptors (Lipinski definition) is 2. The van der Waals surface area contributed by atoms with Crippen LogP contribution in [0.3, 0.4) is 0 Å². The Balaban J connectivity index is 2.16. The monoisotopic (exact) mass is 222 g/mol. The second-order valence-electron chi connectivity index (χ2n) is 4.40. The minimum absolute atomic E-state index is 0.0980. The maximum Gasteiger partial charge on any atom is 0.146 e. The van der Waals surface area contributed by atoms with Gasteiger partial charge in [0.15, 0.2) is 0 Å². The molecule has 0 spiro atoms. The van der Waals surface area contributed by atoms with E-state index in [1.165, 1.54) is 0 Å². The van der Waals surface area contributed by atoms with Crippen molar-refractivity contribution >= 4 is 5.69 Å². The molecular weight excluding hydrogens is 203 g/mol. The molecule has 0 unspecified atom stereocenters. The minimum atomic E-state index is -0.0980. The van der Waals surface area contributed by atoms with E-state index in [1.54, 1.807) is 6.07 Å². The van der Waals surface area contributed by atoms with Crippen molar-refractivity contribution in [3.63, 3.8) is 0 Å². The number of nitrogens with one attached hydrogen (secondary N) is 1. The predicted octanol–water partition coefficient (Wildman–Crippen LogP) is 2.32. The summed E-state index contributed by atoms with van der Waals surface area (Å²) >= 11 is 0. The molecule has 1 aromatic carbocycles. The number of halogens is 1. The molecular formula is C13H19FN2. The molecule has 1 N–H and O–H groups in total. The van der Waals surface area contributed by atoms with Gasteiger partial charge in [0.05, 0.1) is 5.69 Å². The van der Waals surface area contributed by atoms with Gasteiger partial charge in [-0.1, -0.05) is 6.07 Å². The quantitative estimate of drug-likeness (QED) is 0.784. The van der Waals surface area contributed by atoms with Gasteiger partial charge in [0.25, 0.3) is 0 Å². The van der Waals surface area contributed by atoms with Gasteiger partial charge in [0.1, 0.15) is 5.82 Å². The van der Waals surface area contributed by atoms with Gasteiger partial charge in [-0.05, 0) is 50.6 Å². The molecule has 0 aromatic heterocycles. The summed E-state index contributed by atoms with van der Waals surface area (Å²) in [4.78, 5) is 2.17. The number of hydrogen-bond donors (Lipinski definition) is 1. The first-order valence-corrected chi connectivity index (χ1v) is 5.99. The SMILES string of the molecule is Cc1ccc(F)c(N2CCCNCCC2)c1. The van der Waals surface area contributed by atoms with Crippen LogP contribution in [0.15, 0.2) is 18.2 Å². The fourth-order valence-corrected chi connectivity index (χ4v) is 2.13. The molecule has 16 heavy (non-hydrogen) atoms. The number of benzene rings is 1. The molecule has 1 aromatic rings. The van der Waals surface area contributed by atoms with E-state index in [2.05, 4.69) is 10.2 Å². The summed E-state index contributed by atoms with van der Waals surface area (Å²) < 4.78 is 13.7. The molecule has 88 valence electrons. The lowest BCUT2D eigenvalue weighted by atomic mass is 10.1. The second-order valence-corrected chi connectivity index (χ2v) is 4.40. The maximum absolute atomic E-state index is 13.7. The smallest absolute Gasteiger partial charge is 0.146 e. The summed E-state index contributed by atoms with van der Waals surface area (Å²) in [6.45, 7) is 5.95. The fraction of sp³-hybridized carbons (Fsp3) is 0.538. The molecule has 1 heterocycles. The van der Waals surface area contributed by atoms with Crippen molar-refractivity contribution in [1.82, 2.24) is 5.32 Å². The van der Waals surface area contributed by atoms with Gasteiger partial charge < -0.3 is 10.2 Å². The Bertz CT molecular complexity index is 344. The first-order chi connectivity index (χ1) is 7.77. The van der Waals surface area contributed by atoms with Crippen LogP contribution in [0, 0.1) is 12.7 Å². The molecule has 1 aliphatic rings. The second kappa shape index (κ2) is 5.30. The maximum atomic E-state index is 13.7. The lowest BCUT2D eigenvalue weighted by molar-refractivity contribution is 0.554. The summed E-state index contributed by atoms with van der Waals surface area (Å²) in [5.74, 6) is -0.0980. The van der Waals surface area contributed by atoms with Crippen LogP contribution >= 0.6 is 0 Å². The zero-order valence-corrected chi connectivity index (χ0v) is 9.80. The highest BCUT2D eigenvalue weighted by Crippen LogP contribution is 2.21.